The molecule has 0 aliphatic rings. The van der Waals surface area contributed by atoms with Gasteiger partial charge in [0.2, 0.25) is 0 Å². The molecule has 2 heterocycles. The number of nitrogens with zero attached hydrogens (tertiary/aromatic N) is 2. The highest BCUT2D eigenvalue weighted by atomic mass is 16.4. The fourth-order valence-electron chi connectivity index (χ4n) is 2.57. The van der Waals surface area contributed by atoms with Crippen molar-refractivity contribution in [3.8, 4) is 5.75 Å². The van der Waals surface area contributed by atoms with Crippen LogP contribution in [0.2, 0.25) is 0 Å². The van der Waals surface area contributed by atoms with Gasteiger partial charge < -0.3 is 10.2 Å². The molecule has 0 aliphatic heterocycles. The first kappa shape index (κ1) is 13.8. The molecule has 6 heteroatoms. The van der Waals surface area contributed by atoms with E-state index in [1.165, 1.54) is 23.0 Å². The van der Waals surface area contributed by atoms with Crippen molar-refractivity contribution in [2.24, 2.45) is 0 Å². The van der Waals surface area contributed by atoms with E-state index in [9.17, 15) is 19.8 Å². The van der Waals surface area contributed by atoms with Crippen LogP contribution in [0.5, 0.6) is 5.75 Å². The van der Waals surface area contributed by atoms with Crippen LogP contribution in [0, 0.1) is 6.92 Å². The summed E-state index contributed by atoms with van der Waals surface area (Å²) in [5.41, 5.74) is 1.12. The number of carbonyl (C=O) groups excluding carboxylic acids is 1. The second kappa shape index (κ2) is 5.00. The molecule has 0 saturated carbocycles. The summed E-state index contributed by atoms with van der Waals surface area (Å²) in [5, 5.41) is 19.4. The van der Waals surface area contributed by atoms with Crippen LogP contribution in [0.15, 0.2) is 42.7 Å². The smallest absolute Gasteiger partial charge is 0.338 e. The Labute approximate surface area is 125 Å². The Bertz CT molecular complexity index is 912. The second-order valence-electron chi connectivity index (χ2n) is 4.86. The van der Waals surface area contributed by atoms with Gasteiger partial charge in [-0.2, -0.15) is 0 Å². The largest absolute Gasteiger partial charge is 0.506 e. The van der Waals surface area contributed by atoms with E-state index in [4.69, 9.17) is 0 Å². The summed E-state index contributed by atoms with van der Waals surface area (Å²) in [5.74, 6) is -1.66. The van der Waals surface area contributed by atoms with Crippen molar-refractivity contribution in [1.29, 1.82) is 0 Å². The average Bonchev–Trinajstić information content (AvgIpc) is 2.78. The van der Waals surface area contributed by atoms with E-state index >= 15 is 0 Å². The average molecular weight is 296 g/mol. The normalized spacial score (nSPS) is 10.8. The molecule has 1 aromatic carbocycles. The van der Waals surface area contributed by atoms with E-state index < -0.39 is 11.9 Å². The predicted molar refractivity (Wildman–Crippen MR) is 79.3 cm³/mol. The van der Waals surface area contributed by atoms with Gasteiger partial charge in [0.15, 0.2) is 0 Å². The number of rotatable bonds is 2. The van der Waals surface area contributed by atoms with Gasteiger partial charge in [-0.1, -0.05) is 18.2 Å². The minimum absolute atomic E-state index is 0.0945. The molecule has 3 rings (SSSR count). The number of aromatic carboxylic acids is 1. The van der Waals surface area contributed by atoms with E-state index in [1.54, 1.807) is 31.2 Å². The Morgan fingerprint density at radius 2 is 1.91 bits per heavy atom. The maximum atomic E-state index is 12.7. The molecule has 0 fully saturated rings. The quantitative estimate of drug-likeness (QED) is 0.757. The lowest BCUT2D eigenvalue weighted by molar-refractivity contribution is 0.0698. The number of hydrogen-bond donors (Lipinski definition) is 2. The third-order valence-corrected chi connectivity index (χ3v) is 3.50. The van der Waals surface area contributed by atoms with Gasteiger partial charge >= 0.3 is 5.97 Å². The van der Waals surface area contributed by atoms with Crippen LogP contribution in [-0.4, -0.2) is 31.6 Å². The fourth-order valence-corrected chi connectivity index (χ4v) is 2.57. The first-order chi connectivity index (χ1) is 10.5. The predicted octanol–water partition coefficient (Wildman–Crippen LogP) is 2.44. The molecule has 3 aromatic rings. The van der Waals surface area contributed by atoms with Crippen molar-refractivity contribution in [1.82, 2.24) is 9.55 Å². The molecular weight excluding hydrogens is 284 g/mol. The topological polar surface area (TPSA) is 92.4 Å². The van der Waals surface area contributed by atoms with Gasteiger partial charge in [0.25, 0.3) is 5.91 Å². The molecule has 0 saturated heterocycles. The number of carboxylic acid groups (broad SMARTS) is 1. The number of aromatic hydroxyl groups is 1. The minimum atomic E-state index is -1.09. The second-order valence-corrected chi connectivity index (χ2v) is 4.86. The highest BCUT2D eigenvalue weighted by Gasteiger charge is 2.23. The van der Waals surface area contributed by atoms with Crippen LogP contribution in [0.4, 0.5) is 0 Å². The number of carbonyl (C=O) groups is 2. The summed E-state index contributed by atoms with van der Waals surface area (Å²) in [6.45, 7) is 1.58. The maximum absolute atomic E-state index is 12.7. The summed E-state index contributed by atoms with van der Waals surface area (Å²) in [4.78, 5) is 28.0. The molecular formula is C16H12N2O4. The number of hydrogen-bond acceptors (Lipinski definition) is 4. The molecule has 0 spiro atoms. The van der Waals surface area contributed by atoms with Crippen molar-refractivity contribution in [3.05, 3.63) is 59.5 Å². The van der Waals surface area contributed by atoms with Crippen molar-refractivity contribution in [2.75, 3.05) is 0 Å². The van der Waals surface area contributed by atoms with Crippen LogP contribution in [0.25, 0.3) is 10.9 Å². The van der Waals surface area contributed by atoms with Crippen LogP contribution in [0.3, 0.4) is 0 Å². The molecule has 0 amide bonds. The Balaban J connectivity index is 2.29. The van der Waals surface area contributed by atoms with Gasteiger partial charge in [0.05, 0.1) is 22.8 Å². The number of aromatic nitrogens is 2. The van der Waals surface area contributed by atoms with Gasteiger partial charge in [-0.25, -0.2) is 4.79 Å². The SMILES string of the molecule is Cc1c(C(=O)O)c2ccccc2n1C(=O)c1cncc(O)c1. The summed E-state index contributed by atoms with van der Waals surface area (Å²) >= 11 is 0. The fraction of sp³-hybridized carbons (Fsp3) is 0.0625. The lowest BCUT2D eigenvalue weighted by Crippen LogP contribution is -2.14. The summed E-state index contributed by atoms with van der Waals surface area (Å²) in [7, 11) is 0. The van der Waals surface area contributed by atoms with Gasteiger partial charge in [0.1, 0.15) is 5.75 Å². The first-order valence-electron chi connectivity index (χ1n) is 6.52. The van der Waals surface area contributed by atoms with E-state index in [2.05, 4.69) is 4.98 Å². The molecule has 2 aromatic heterocycles. The standard InChI is InChI=1S/C16H12N2O4/c1-9-14(16(21)22)12-4-2-3-5-13(12)18(9)15(20)10-6-11(19)8-17-7-10/h2-8,19H,1H3,(H,21,22). The first-order valence-corrected chi connectivity index (χ1v) is 6.52. The van der Waals surface area contributed by atoms with Crippen LogP contribution in [-0.2, 0) is 0 Å². The van der Waals surface area contributed by atoms with Crippen LogP contribution >= 0.6 is 0 Å². The zero-order valence-corrected chi connectivity index (χ0v) is 11.6. The van der Waals surface area contributed by atoms with Crippen molar-refractivity contribution in [3.63, 3.8) is 0 Å². The molecule has 0 bridgehead atoms. The van der Waals surface area contributed by atoms with E-state index in [0.29, 0.717) is 16.6 Å². The minimum Gasteiger partial charge on any atom is -0.506 e. The number of carboxylic acids is 1. The van der Waals surface area contributed by atoms with Gasteiger partial charge in [-0.3, -0.25) is 14.3 Å². The molecule has 22 heavy (non-hydrogen) atoms. The maximum Gasteiger partial charge on any atom is 0.338 e. The highest BCUT2D eigenvalue weighted by molar-refractivity contribution is 6.11. The Morgan fingerprint density at radius 1 is 1.18 bits per heavy atom. The number of pyridine rings is 1. The van der Waals surface area contributed by atoms with Crippen molar-refractivity contribution >= 4 is 22.8 Å². The van der Waals surface area contributed by atoms with Crippen LogP contribution in [0.1, 0.15) is 26.4 Å². The Kier molecular flexibility index (Phi) is 3.14. The van der Waals surface area contributed by atoms with Crippen molar-refractivity contribution < 1.29 is 19.8 Å². The Morgan fingerprint density at radius 3 is 2.59 bits per heavy atom. The number of para-hydroxylation sites is 1. The summed E-state index contributed by atoms with van der Waals surface area (Å²) in [6.07, 6.45) is 2.55. The third-order valence-electron chi connectivity index (χ3n) is 3.50. The molecule has 0 radical (unpaired) electrons. The summed E-state index contributed by atoms with van der Waals surface area (Å²) in [6, 6.07) is 8.10. The molecule has 2 N–H and O–H groups in total. The molecule has 0 aliphatic carbocycles. The lowest BCUT2D eigenvalue weighted by atomic mass is 10.1. The van der Waals surface area contributed by atoms with E-state index in [1.807, 2.05) is 0 Å². The zero-order valence-electron chi connectivity index (χ0n) is 11.6. The molecule has 110 valence electrons. The van der Waals surface area contributed by atoms with Gasteiger partial charge in [-0.15, -0.1) is 0 Å². The lowest BCUT2D eigenvalue weighted by Gasteiger charge is -2.07. The monoisotopic (exact) mass is 296 g/mol. The number of fused-ring (bicyclic) bond motifs is 1. The van der Waals surface area contributed by atoms with Gasteiger partial charge in [-0.05, 0) is 19.1 Å². The van der Waals surface area contributed by atoms with E-state index in [0.717, 1.165) is 0 Å². The Hall–Kier alpha value is -3.15. The molecule has 6 nitrogen and oxygen atoms in total. The molecule has 0 unspecified atom stereocenters. The highest BCUT2D eigenvalue weighted by Crippen LogP contribution is 2.27. The van der Waals surface area contributed by atoms with E-state index in [-0.39, 0.29) is 16.9 Å². The summed E-state index contributed by atoms with van der Waals surface area (Å²) < 4.78 is 1.33. The zero-order chi connectivity index (χ0) is 15.9. The van der Waals surface area contributed by atoms with Gasteiger partial charge in [0, 0.05) is 17.3 Å². The molecule has 0 atom stereocenters. The number of benzene rings is 1. The van der Waals surface area contributed by atoms with Crippen LogP contribution < -0.4 is 0 Å². The third kappa shape index (κ3) is 2.01. The van der Waals surface area contributed by atoms with Crippen molar-refractivity contribution in [2.45, 2.75) is 6.92 Å².